The Bertz CT molecular complexity index is 339. The van der Waals surface area contributed by atoms with Crippen LogP contribution in [0.1, 0.15) is 25.1 Å². The Kier molecular flexibility index (Phi) is 1.89. The number of thiophene rings is 1. The predicted molar refractivity (Wildman–Crippen MR) is 55.3 cm³/mol. The molecule has 1 heterocycles. The zero-order chi connectivity index (χ0) is 8.55. The van der Waals surface area contributed by atoms with Crippen LogP contribution in [0.25, 0.3) is 5.57 Å². The molecule has 62 valence electrons. The zero-order valence-electron chi connectivity index (χ0n) is 7.42. The van der Waals surface area contributed by atoms with Crippen molar-refractivity contribution in [2.75, 3.05) is 0 Å². The highest BCUT2D eigenvalue weighted by Gasteiger charge is 2.11. The minimum atomic E-state index is 1.15. The van der Waals surface area contributed by atoms with Crippen LogP contribution in [0.3, 0.4) is 0 Å². The van der Waals surface area contributed by atoms with E-state index in [4.69, 9.17) is 0 Å². The van der Waals surface area contributed by atoms with E-state index in [0.29, 0.717) is 0 Å². The van der Waals surface area contributed by atoms with E-state index in [2.05, 4.69) is 37.4 Å². The monoisotopic (exact) mass is 176 g/mol. The van der Waals surface area contributed by atoms with Crippen molar-refractivity contribution in [3.63, 3.8) is 0 Å². The van der Waals surface area contributed by atoms with Gasteiger partial charge in [-0.25, -0.2) is 0 Å². The third kappa shape index (κ3) is 1.25. The van der Waals surface area contributed by atoms with E-state index in [0.717, 1.165) is 6.42 Å². The van der Waals surface area contributed by atoms with Gasteiger partial charge in [-0.1, -0.05) is 23.3 Å². The summed E-state index contributed by atoms with van der Waals surface area (Å²) in [5.74, 6) is 0. The molecule has 0 saturated heterocycles. The number of allylic oxidation sites excluding steroid dienone is 4. The van der Waals surface area contributed by atoms with Crippen molar-refractivity contribution in [1.29, 1.82) is 0 Å². The highest BCUT2D eigenvalue weighted by atomic mass is 32.1. The molecule has 12 heavy (non-hydrogen) atoms. The molecular formula is C11H12S. The summed E-state index contributed by atoms with van der Waals surface area (Å²) in [6, 6.07) is 4.31. The predicted octanol–water partition coefficient (Wildman–Crippen LogP) is 3.87. The van der Waals surface area contributed by atoms with Crippen molar-refractivity contribution in [2.24, 2.45) is 0 Å². The third-order valence-electron chi connectivity index (χ3n) is 2.36. The largest absolute Gasteiger partial charge is 0.144 e. The number of rotatable bonds is 1. The molecule has 0 bridgehead atoms. The van der Waals surface area contributed by atoms with Gasteiger partial charge in [-0.3, -0.25) is 0 Å². The Morgan fingerprint density at radius 3 is 2.67 bits per heavy atom. The maximum Gasteiger partial charge on any atom is 0.0305 e. The fourth-order valence-corrected chi connectivity index (χ4v) is 2.22. The maximum absolute atomic E-state index is 2.31. The zero-order valence-corrected chi connectivity index (χ0v) is 8.24. The Morgan fingerprint density at radius 1 is 1.33 bits per heavy atom. The van der Waals surface area contributed by atoms with Crippen LogP contribution in [-0.2, 0) is 0 Å². The van der Waals surface area contributed by atoms with Crippen molar-refractivity contribution in [1.82, 2.24) is 0 Å². The normalized spacial score (nSPS) is 17.0. The average molecular weight is 176 g/mol. The molecule has 0 radical (unpaired) electrons. The van der Waals surface area contributed by atoms with E-state index in [1.807, 2.05) is 11.3 Å². The standard InChI is InChI=1S/C11H12S/c1-8-6-10(7-9(8)2)11-4-3-5-12-11/h3-6H,7H2,1-2H3. The third-order valence-corrected chi connectivity index (χ3v) is 3.30. The van der Waals surface area contributed by atoms with E-state index in [1.54, 1.807) is 0 Å². The molecule has 0 aromatic carbocycles. The van der Waals surface area contributed by atoms with Crippen LogP contribution in [0, 0.1) is 0 Å². The van der Waals surface area contributed by atoms with E-state index in [1.165, 1.54) is 21.6 Å². The molecule has 1 aromatic heterocycles. The van der Waals surface area contributed by atoms with Gasteiger partial charge in [0.25, 0.3) is 0 Å². The second-order valence-electron chi connectivity index (χ2n) is 3.29. The molecule has 0 nitrogen and oxygen atoms in total. The van der Waals surface area contributed by atoms with Crippen LogP contribution in [-0.4, -0.2) is 0 Å². The summed E-state index contributed by atoms with van der Waals surface area (Å²) in [4.78, 5) is 1.42. The molecule has 1 aliphatic carbocycles. The lowest BCUT2D eigenvalue weighted by molar-refractivity contribution is 1.23. The van der Waals surface area contributed by atoms with Gasteiger partial charge in [0.05, 0.1) is 0 Å². The van der Waals surface area contributed by atoms with E-state index in [-0.39, 0.29) is 0 Å². The minimum absolute atomic E-state index is 1.15. The van der Waals surface area contributed by atoms with Crippen LogP contribution < -0.4 is 0 Å². The summed E-state index contributed by atoms with van der Waals surface area (Å²) in [7, 11) is 0. The topological polar surface area (TPSA) is 0 Å². The summed E-state index contributed by atoms with van der Waals surface area (Å²) in [5, 5.41) is 2.14. The molecule has 1 aromatic rings. The van der Waals surface area contributed by atoms with E-state index >= 15 is 0 Å². The molecule has 0 saturated carbocycles. The van der Waals surface area contributed by atoms with Crippen LogP contribution in [0.2, 0.25) is 0 Å². The Morgan fingerprint density at radius 2 is 2.17 bits per heavy atom. The lowest BCUT2D eigenvalue weighted by Gasteiger charge is -1.96. The SMILES string of the molecule is CC1=C(C)CC(c2cccs2)=C1. The summed E-state index contributed by atoms with van der Waals surface area (Å²) >= 11 is 1.83. The quantitative estimate of drug-likeness (QED) is 0.609. The van der Waals surface area contributed by atoms with E-state index < -0.39 is 0 Å². The van der Waals surface area contributed by atoms with Gasteiger partial charge >= 0.3 is 0 Å². The van der Waals surface area contributed by atoms with Crippen LogP contribution in [0.5, 0.6) is 0 Å². The first-order chi connectivity index (χ1) is 5.77. The van der Waals surface area contributed by atoms with Gasteiger partial charge < -0.3 is 0 Å². The Labute approximate surface area is 77.2 Å². The van der Waals surface area contributed by atoms with Gasteiger partial charge in [0, 0.05) is 4.88 Å². The average Bonchev–Trinajstić information content (AvgIpc) is 2.61. The summed E-state index contributed by atoms with van der Waals surface area (Å²) < 4.78 is 0. The molecule has 0 fully saturated rings. The van der Waals surface area contributed by atoms with Gasteiger partial charge in [0.1, 0.15) is 0 Å². The maximum atomic E-state index is 2.31. The molecule has 0 aliphatic heterocycles. The van der Waals surface area contributed by atoms with Gasteiger partial charge in [-0.2, -0.15) is 0 Å². The lowest BCUT2D eigenvalue weighted by atomic mass is 10.1. The highest BCUT2D eigenvalue weighted by molar-refractivity contribution is 7.11. The molecule has 0 spiro atoms. The molecule has 1 aliphatic rings. The van der Waals surface area contributed by atoms with Gasteiger partial charge in [0.2, 0.25) is 0 Å². The number of hydrogen-bond donors (Lipinski definition) is 0. The fourth-order valence-electron chi connectivity index (χ4n) is 1.48. The molecule has 0 N–H and O–H groups in total. The molecule has 2 rings (SSSR count). The molecule has 0 atom stereocenters. The Hall–Kier alpha value is -0.820. The van der Waals surface area contributed by atoms with Crippen molar-refractivity contribution in [3.05, 3.63) is 39.6 Å². The van der Waals surface area contributed by atoms with Crippen molar-refractivity contribution in [2.45, 2.75) is 20.3 Å². The lowest BCUT2D eigenvalue weighted by Crippen LogP contribution is -1.74. The molecular weight excluding hydrogens is 164 g/mol. The minimum Gasteiger partial charge on any atom is -0.144 e. The highest BCUT2D eigenvalue weighted by Crippen LogP contribution is 2.33. The first kappa shape index (κ1) is 7.81. The van der Waals surface area contributed by atoms with Gasteiger partial charge in [0.15, 0.2) is 0 Å². The summed E-state index contributed by atoms with van der Waals surface area (Å²) in [5.41, 5.74) is 4.44. The van der Waals surface area contributed by atoms with Crippen molar-refractivity contribution < 1.29 is 0 Å². The molecule has 1 heteroatoms. The molecule has 0 unspecified atom stereocenters. The first-order valence-corrected chi connectivity index (χ1v) is 5.06. The summed E-state index contributed by atoms with van der Waals surface area (Å²) in [6.07, 6.45) is 3.45. The van der Waals surface area contributed by atoms with Gasteiger partial charge in [-0.15, -0.1) is 11.3 Å². The van der Waals surface area contributed by atoms with Crippen molar-refractivity contribution in [3.8, 4) is 0 Å². The molecule has 0 amide bonds. The Balaban J connectivity index is 2.28. The van der Waals surface area contributed by atoms with Crippen LogP contribution in [0.4, 0.5) is 0 Å². The van der Waals surface area contributed by atoms with Crippen LogP contribution >= 0.6 is 11.3 Å². The second-order valence-corrected chi connectivity index (χ2v) is 4.23. The second kappa shape index (κ2) is 2.91. The number of hydrogen-bond acceptors (Lipinski definition) is 1. The van der Waals surface area contributed by atoms with Gasteiger partial charge in [-0.05, 0) is 37.3 Å². The summed E-state index contributed by atoms with van der Waals surface area (Å²) in [6.45, 7) is 4.41. The van der Waals surface area contributed by atoms with E-state index in [9.17, 15) is 0 Å². The van der Waals surface area contributed by atoms with Crippen LogP contribution in [0.15, 0.2) is 34.7 Å². The first-order valence-electron chi connectivity index (χ1n) is 4.18. The van der Waals surface area contributed by atoms with Crippen molar-refractivity contribution >= 4 is 16.9 Å². The fraction of sp³-hybridized carbons (Fsp3) is 0.273. The smallest absolute Gasteiger partial charge is 0.0305 e.